The maximum Gasteiger partial charge on any atom is 1.00 e. The minimum atomic E-state index is -1.64. The Morgan fingerprint density at radius 1 is 1.19 bits per heavy atom. The molecule has 0 saturated carbocycles. The van der Waals surface area contributed by atoms with E-state index < -0.39 is 17.4 Å². The first-order chi connectivity index (χ1) is 6.49. The van der Waals surface area contributed by atoms with E-state index in [4.69, 9.17) is 10.2 Å². The van der Waals surface area contributed by atoms with Gasteiger partial charge in [0, 0.05) is 0 Å². The van der Waals surface area contributed by atoms with Gasteiger partial charge in [-0.15, -0.1) is 0 Å². The first kappa shape index (κ1) is 19.2. The predicted molar refractivity (Wildman–Crippen MR) is 51.2 cm³/mol. The van der Waals surface area contributed by atoms with E-state index in [2.05, 4.69) is 5.32 Å². The molecule has 0 atom stereocenters. The number of carboxylic acid groups (broad SMARTS) is 2. The fraction of sp³-hybridized carbons (Fsp3) is 0.778. The molecule has 0 amide bonds. The molecule has 0 unspecified atom stereocenters. The van der Waals surface area contributed by atoms with E-state index in [0.29, 0.717) is 25.9 Å². The van der Waals surface area contributed by atoms with Crippen LogP contribution in [0, 0.1) is 11.3 Å². The van der Waals surface area contributed by atoms with Crippen LogP contribution in [0.15, 0.2) is 0 Å². The summed E-state index contributed by atoms with van der Waals surface area (Å²) in [6.45, 7) is 2.69. The van der Waals surface area contributed by atoms with Crippen molar-refractivity contribution in [3.8, 4) is 0 Å². The van der Waals surface area contributed by atoms with Gasteiger partial charge < -0.3 is 18.4 Å². The average Bonchev–Trinajstić information content (AvgIpc) is 2.17. The maximum atomic E-state index is 11.0. The number of carbonyl (C=O) groups is 2. The van der Waals surface area contributed by atoms with Gasteiger partial charge in [-0.05, 0) is 38.8 Å². The number of hydrogen-bond donors (Lipinski definition) is 3. The van der Waals surface area contributed by atoms with E-state index in [1.165, 1.54) is 6.92 Å². The standard InChI is InChI=1S/C9H15NO4.2Na.2H/c1-9(7(11)12,8(13)14)6-2-4-10-5-3-6;;;;/h6,10H,2-5H2,1H3,(H,11,12)(H,13,14);;;;/q;2*+1;2*-1. The van der Waals surface area contributed by atoms with Crippen LogP contribution in [0.2, 0.25) is 0 Å². The molecule has 16 heavy (non-hydrogen) atoms. The van der Waals surface area contributed by atoms with Crippen molar-refractivity contribution in [1.82, 2.24) is 5.32 Å². The third-order valence-electron chi connectivity index (χ3n) is 3.04. The van der Waals surface area contributed by atoms with Gasteiger partial charge in [-0.2, -0.15) is 0 Å². The van der Waals surface area contributed by atoms with Crippen molar-refractivity contribution in [2.75, 3.05) is 13.1 Å². The zero-order valence-electron chi connectivity index (χ0n) is 12.1. The van der Waals surface area contributed by atoms with Gasteiger partial charge in [0.15, 0.2) is 5.41 Å². The van der Waals surface area contributed by atoms with Crippen LogP contribution < -0.4 is 64.4 Å². The molecule has 7 heteroatoms. The Morgan fingerprint density at radius 3 is 1.88 bits per heavy atom. The van der Waals surface area contributed by atoms with Crippen LogP contribution in [-0.2, 0) is 9.59 Å². The number of rotatable bonds is 3. The quantitative estimate of drug-likeness (QED) is 0.343. The Labute approximate surface area is 142 Å². The van der Waals surface area contributed by atoms with Gasteiger partial charge in [-0.3, -0.25) is 9.59 Å². The second-order valence-electron chi connectivity index (χ2n) is 3.84. The second-order valence-corrected chi connectivity index (χ2v) is 3.84. The molecule has 0 aromatic heterocycles. The topological polar surface area (TPSA) is 86.6 Å². The summed E-state index contributed by atoms with van der Waals surface area (Å²) in [4.78, 5) is 21.9. The normalized spacial score (nSPS) is 16.8. The van der Waals surface area contributed by atoms with Crippen molar-refractivity contribution >= 4 is 11.9 Å². The molecule has 0 bridgehead atoms. The first-order valence-corrected chi connectivity index (χ1v) is 4.67. The van der Waals surface area contributed by atoms with E-state index in [9.17, 15) is 9.59 Å². The fourth-order valence-corrected chi connectivity index (χ4v) is 1.84. The van der Waals surface area contributed by atoms with Crippen LogP contribution in [0.25, 0.3) is 0 Å². The zero-order valence-corrected chi connectivity index (χ0v) is 14.1. The number of aliphatic carboxylic acids is 2. The molecule has 5 nitrogen and oxygen atoms in total. The number of hydrogen-bond acceptors (Lipinski definition) is 3. The Bertz CT molecular complexity index is 249. The fourth-order valence-electron chi connectivity index (χ4n) is 1.84. The van der Waals surface area contributed by atoms with Crippen molar-refractivity contribution in [1.29, 1.82) is 0 Å². The number of piperidine rings is 1. The molecule has 1 aliphatic heterocycles. The average molecular weight is 249 g/mol. The van der Waals surface area contributed by atoms with Crippen LogP contribution >= 0.6 is 0 Å². The van der Waals surface area contributed by atoms with E-state index in [-0.39, 0.29) is 67.9 Å². The van der Waals surface area contributed by atoms with Gasteiger partial charge >= 0.3 is 71.1 Å². The molecule has 84 valence electrons. The van der Waals surface area contributed by atoms with E-state index in [1.54, 1.807) is 0 Å². The van der Waals surface area contributed by atoms with E-state index >= 15 is 0 Å². The smallest absolute Gasteiger partial charge is 1.00 e. The maximum absolute atomic E-state index is 11.0. The van der Waals surface area contributed by atoms with Crippen molar-refractivity contribution in [3.05, 3.63) is 0 Å². The Balaban J connectivity index is -0.000000245. The summed E-state index contributed by atoms with van der Waals surface area (Å²) in [5, 5.41) is 21.0. The molecule has 0 aliphatic carbocycles. The Hall–Kier alpha value is 0.900. The molecule has 0 aromatic rings. The summed E-state index contributed by atoms with van der Waals surface area (Å²) >= 11 is 0. The molecule has 1 heterocycles. The van der Waals surface area contributed by atoms with E-state index in [1.807, 2.05) is 0 Å². The molecule has 1 saturated heterocycles. The largest absolute Gasteiger partial charge is 1.00 e. The van der Waals surface area contributed by atoms with Crippen molar-refractivity contribution in [3.63, 3.8) is 0 Å². The van der Waals surface area contributed by atoms with E-state index in [0.717, 1.165) is 0 Å². The van der Waals surface area contributed by atoms with Crippen molar-refractivity contribution < 1.29 is 81.8 Å². The summed E-state index contributed by atoms with van der Waals surface area (Å²) in [6.07, 6.45) is 1.21. The minimum Gasteiger partial charge on any atom is -1.00 e. The molecule has 1 fully saturated rings. The second kappa shape index (κ2) is 8.08. The van der Waals surface area contributed by atoms with Crippen LogP contribution in [0.1, 0.15) is 22.6 Å². The van der Waals surface area contributed by atoms with Crippen LogP contribution in [0.5, 0.6) is 0 Å². The molecule has 0 spiro atoms. The molecule has 1 aliphatic rings. The van der Waals surface area contributed by atoms with Crippen LogP contribution in [0.3, 0.4) is 0 Å². The summed E-state index contributed by atoms with van der Waals surface area (Å²) in [5.74, 6) is -2.76. The van der Waals surface area contributed by atoms with Gasteiger partial charge in [0.25, 0.3) is 0 Å². The summed E-state index contributed by atoms with van der Waals surface area (Å²) in [5.41, 5.74) is -1.64. The SMILES string of the molecule is CC(C(=O)O)(C(=O)O)C1CCNCC1.[H-].[H-].[Na+].[Na+]. The molecule has 0 aromatic carbocycles. The molecule has 1 rings (SSSR count). The minimum absolute atomic E-state index is 0. The molecule has 3 N–H and O–H groups in total. The predicted octanol–water partition coefficient (Wildman–Crippen LogP) is -5.61. The van der Waals surface area contributed by atoms with Crippen LogP contribution in [-0.4, -0.2) is 35.2 Å². The van der Waals surface area contributed by atoms with Crippen LogP contribution in [0.4, 0.5) is 0 Å². The number of nitrogens with one attached hydrogen (secondary N) is 1. The number of carboxylic acids is 2. The monoisotopic (exact) mass is 249 g/mol. The summed E-state index contributed by atoms with van der Waals surface area (Å²) < 4.78 is 0. The summed E-state index contributed by atoms with van der Waals surface area (Å²) in [7, 11) is 0. The van der Waals surface area contributed by atoms with Crippen molar-refractivity contribution in [2.45, 2.75) is 19.8 Å². The summed E-state index contributed by atoms with van der Waals surface area (Å²) in [6, 6.07) is 0. The van der Waals surface area contributed by atoms with Crippen molar-refractivity contribution in [2.24, 2.45) is 11.3 Å². The molecular weight excluding hydrogens is 232 g/mol. The molecular formula is C9H17NNa2O4. The van der Waals surface area contributed by atoms with Gasteiger partial charge in [-0.1, -0.05) is 0 Å². The van der Waals surface area contributed by atoms with Gasteiger partial charge in [0.1, 0.15) is 0 Å². The third-order valence-corrected chi connectivity index (χ3v) is 3.04. The Kier molecular flexibility index (Phi) is 9.72. The zero-order chi connectivity index (χ0) is 10.8. The third kappa shape index (κ3) is 3.98. The molecule has 0 radical (unpaired) electrons. The van der Waals surface area contributed by atoms with Gasteiger partial charge in [0.2, 0.25) is 0 Å². The van der Waals surface area contributed by atoms with Gasteiger partial charge in [0.05, 0.1) is 0 Å². The first-order valence-electron chi connectivity index (χ1n) is 4.67. The Morgan fingerprint density at radius 2 is 1.56 bits per heavy atom. The van der Waals surface area contributed by atoms with Gasteiger partial charge in [-0.25, -0.2) is 0 Å².